The Morgan fingerprint density at radius 3 is 2.36 bits per heavy atom. The van der Waals surface area contributed by atoms with Gasteiger partial charge in [-0.3, -0.25) is 4.99 Å². The predicted octanol–water partition coefficient (Wildman–Crippen LogP) is -0.400. The van der Waals surface area contributed by atoms with E-state index in [0.717, 1.165) is 13.0 Å². The Bertz CT molecular complexity index is 126. The first-order chi connectivity index (χ1) is 5.02. The number of nitrogens with two attached hydrogens (primary N) is 2. The number of hydrogen-bond acceptors (Lipinski definition) is 2. The number of nitrogens with zero attached hydrogens (tertiary/aromatic N) is 2. The van der Waals surface area contributed by atoms with E-state index in [1.54, 1.807) is 0 Å². The minimum Gasteiger partial charge on any atom is -0.370 e. The highest BCUT2D eigenvalue weighted by atomic mass is 15.1. The number of aliphatic imine (C=N–C) groups is 1. The maximum absolute atomic E-state index is 5.21. The van der Waals surface area contributed by atoms with Crippen molar-refractivity contribution in [3.8, 4) is 0 Å². The van der Waals surface area contributed by atoms with E-state index in [-0.39, 0.29) is 12.0 Å². The van der Waals surface area contributed by atoms with E-state index < -0.39 is 0 Å². The Morgan fingerprint density at radius 2 is 2.00 bits per heavy atom. The molecule has 0 spiro atoms. The molecule has 0 heterocycles. The molecule has 0 saturated carbocycles. The second kappa shape index (κ2) is 4.96. The van der Waals surface area contributed by atoms with E-state index in [0.29, 0.717) is 0 Å². The van der Waals surface area contributed by atoms with Crippen LogP contribution < -0.4 is 11.5 Å². The lowest BCUT2D eigenvalue weighted by Gasteiger charge is -2.11. The Morgan fingerprint density at radius 1 is 1.45 bits per heavy atom. The molecule has 4 heteroatoms. The monoisotopic (exact) mass is 158 g/mol. The van der Waals surface area contributed by atoms with Crippen molar-refractivity contribution in [3.63, 3.8) is 0 Å². The van der Waals surface area contributed by atoms with Crippen LogP contribution in [0.2, 0.25) is 0 Å². The van der Waals surface area contributed by atoms with Crippen LogP contribution in [0.1, 0.15) is 13.3 Å². The summed E-state index contributed by atoms with van der Waals surface area (Å²) < 4.78 is 0. The van der Waals surface area contributed by atoms with E-state index in [4.69, 9.17) is 11.5 Å². The summed E-state index contributed by atoms with van der Waals surface area (Å²) >= 11 is 0. The lowest BCUT2D eigenvalue weighted by atomic mass is 10.2. The van der Waals surface area contributed by atoms with Crippen molar-refractivity contribution in [3.05, 3.63) is 0 Å². The van der Waals surface area contributed by atoms with Crippen molar-refractivity contribution in [2.75, 3.05) is 20.6 Å². The molecule has 4 nitrogen and oxygen atoms in total. The summed E-state index contributed by atoms with van der Waals surface area (Å²) in [5.74, 6) is 0.177. The average Bonchev–Trinajstić information content (AvgIpc) is 1.82. The maximum atomic E-state index is 5.21. The van der Waals surface area contributed by atoms with Crippen LogP contribution >= 0.6 is 0 Å². The highest BCUT2D eigenvalue weighted by molar-refractivity contribution is 5.75. The second-order valence-corrected chi connectivity index (χ2v) is 2.99. The molecule has 4 N–H and O–H groups in total. The molecule has 0 radical (unpaired) electrons. The van der Waals surface area contributed by atoms with Gasteiger partial charge >= 0.3 is 0 Å². The molecule has 0 aromatic heterocycles. The summed E-state index contributed by atoms with van der Waals surface area (Å²) in [7, 11) is 4.06. The molecule has 0 fully saturated rings. The third kappa shape index (κ3) is 7.12. The lowest BCUT2D eigenvalue weighted by Crippen LogP contribution is -2.26. The Hall–Kier alpha value is -0.770. The van der Waals surface area contributed by atoms with Crippen LogP contribution in [0.25, 0.3) is 0 Å². The predicted molar refractivity (Wildman–Crippen MR) is 48.4 cm³/mol. The van der Waals surface area contributed by atoms with Crippen molar-refractivity contribution >= 4 is 5.96 Å². The summed E-state index contributed by atoms with van der Waals surface area (Å²) in [6.45, 7) is 3.02. The fourth-order valence-electron chi connectivity index (χ4n) is 0.764. The van der Waals surface area contributed by atoms with E-state index in [1.807, 2.05) is 21.0 Å². The van der Waals surface area contributed by atoms with Gasteiger partial charge in [0.15, 0.2) is 5.96 Å². The Kier molecular flexibility index (Phi) is 4.61. The highest BCUT2D eigenvalue weighted by Gasteiger charge is 1.99. The highest BCUT2D eigenvalue weighted by Crippen LogP contribution is 1.96. The summed E-state index contributed by atoms with van der Waals surface area (Å²) in [5, 5.41) is 0. The van der Waals surface area contributed by atoms with Crippen molar-refractivity contribution < 1.29 is 0 Å². The minimum absolute atomic E-state index is 0.177. The molecular formula is C7H18N4. The zero-order valence-corrected chi connectivity index (χ0v) is 7.54. The summed E-state index contributed by atoms with van der Waals surface area (Å²) in [6.07, 6.45) is 0.991. The van der Waals surface area contributed by atoms with Gasteiger partial charge in [0.05, 0.1) is 6.04 Å². The Labute approximate surface area is 68.3 Å². The Balaban J connectivity index is 3.53. The van der Waals surface area contributed by atoms with Crippen LogP contribution in [0.15, 0.2) is 4.99 Å². The van der Waals surface area contributed by atoms with Crippen LogP contribution in [0.4, 0.5) is 0 Å². The van der Waals surface area contributed by atoms with Gasteiger partial charge in [-0.1, -0.05) is 0 Å². The van der Waals surface area contributed by atoms with Gasteiger partial charge in [0.25, 0.3) is 0 Å². The lowest BCUT2D eigenvalue weighted by molar-refractivity contribution is 0.386. The van der Waals surface area contributed by atoms with Gasteiger partial charge in [-0.2, -0.15) is 0 Å². The molecule has 0 saturated heterocycles. The normalized spacial score (nSPS) is 13.1. The quantitative estimate of drug-likeness (QED) is 0.432. The third-order valence-electron chi connectivity index (χ3n) is 1.36. The van der Waals surface area contributed by atoms with E-state index in [2.05, 4.69) is 9.89 Å². The van der Waals surface area contributed by atoms with Gasteiger partial charge in [0.2, 0.25) is 0 Å². The number of guanidine groups is 1. The van der Waals surface area contributed by atoms with Crippen molar-refractivity contribution in [1.82, 2.24) is 4.90 Å². The fraction of sp³-hybridized carbons (Fsp3) is 0.857. The molecule has 0 rings (SSSR count). The maximum Gasteiger partial charge on any atom is 0.186 e. The van der Waals surface area contributed by atoms with Crippen LogP contribution in [-0.2, 0) is 0 Å². The van der Waals surface area contributed by atoms with Crippen molar-refractivity contribution in [1.29, 1.82) is 0 Å². The molecule has 0 amide bonds. The first-order valence-corrected chi connectivity index (χ1v) is 3.76. The van der Waals surface area contributed by atoms with Gasteiger partial charge in [-0.25, -0.2) is 0 Å². The number of rotatable bonds is 4. The van der Waals surface area contributed by atoms with Gasteiger partial charge in [-0.05, 0) is 34.0 Å². The zero-order chi connectivity index (χ0) is 8.85. The molecule has 1 atom stereocenters. The van der Waals surface area contributed by atoms with Gasteiger partial charge in [0, 0.05) is 0 Å². The SMILES string of the molecule is CC(CCN(C)C)N=C(N)N. The molecule has 0 aromatic carbocycles. The van der Waals surface area contributed by atoms with E-state index in [1.165, 1.54) is 0 Å². The van der Waals surface area contributed by atoms with Crippen LogP contribution in [0.3, 0.4) is 0 Å². The molecular weight excluding hydrogens is 140 g/mol. The standard InChI is InChI=1S/C7H18N4/c1-6(10-7(8)9)4-5-11(2)3/h6H,4-5H2,1-3H3,(H4,8,9,10). The molecule has 66 valence electrons. The minimum atomic E-state index is 0.177. The topological polar surface area (TPSA) is 67.6 Å². The smallest absolute Gasteiger partial charge is 0.186 e. The van der Waals surface area contributed by atoms with Gasteiger partial charge in [0.1, 0.15) is 0 Å². The summed E-state index contributed by atoms with van der Waals surface area (Å²) in [6, 6.07) is 0.224. The first kappa shape index (κ1) is 10.2. The molecule has 0 bridgehead atoms. The van der Waals surface area contributed by atoms with E-state index >= 15 is 0 Å². The van der Waals surface area contributed by atoms with Crippen LogP contribution in [0.5, 0.6) is 0 Å². The number of hydrogen-bond donors (Lipinski definition) is 2. The molecule has 11 heavy (non-hydrogen) atoms. The van der Waals surface area contributed by atoms with Crippen LogP contribution in [0, 0.1) is 0 Å². The third-order valence-corrected chi connectivity index (χ3v) is 1.36. The first-order valence-electron chi connectivity index (χ1n) is 3.76. The molecule has 0 aliphatic heterocycles. The second-order valence-electron chi connectivity index (χ2n) is 2.99. The largest absolute Gasteiger partial charge is 0.370 e. The van der Waals surface area contributed by atoms with Crippen molar-refractivity contribution in [2.24, 2.45) is 16.5 Å². The summed E-state index contributed by atoms with van der Waals surface area (Å²) in [5.41, 5.74) is 10.4. The summed E-state index contributed by atoms with van der Waals surface area (Å²) in [4.78, 5) is 6.10. The van der Waals surface area contributed by atoms with E-state index in [9.17, 15) is 0 Å². The molecule has 0 aromatic rings. The van der Waals surface area contributed by atoms with Crippen LogP contribution in [-0.4, -0.2) is 37.5 Å². The van der Waals surface area contributed by atoms with Gasteiger partial charge in [-0.15, -0.1) is 0 Å². The molecule has 0 aliphatic carbocycles. The van der Waals surface area contributed by atoms with Crippen molar-refractivity contribution in [2.45, 2.75) is 19.4 Å². The molecule has 0 aliphatic rings. The molecule has 1 unspecified atom stereocenters. The average molecular weight is 158 g/mol. The zero-order valence-electron chi connectivity index (χ0n) is 7.54. The van der Waals surface area contributed by atoms with Gasteiger partial charge < -0.3 is 16.4 Å². The fourth-order valence-corrected chi connectivity index (χ4v) is 0.764.